The van der Waals surface area contributed by atoms with Gasteiger partial charge in [0, 0.05) is 18.0 Å². The molecule has 0 saturated heterocycles. The van der Waals surface area contributed by atoms with Crippen LogP contribution in [-0.4, -0.2) is 29.6 Å². The first-order valence-corrected chi connectivity index (χ1v) is 12.6. The first kappa shape index (κ1) is 26.4. The number of para-hydroxylation sites is 1. The Balaban J connectivity index is 1.57. The van der Waals surface area contributed by atoms with Gasteiger partial charge in [-0.1, -0.05) is 49.4 Å². The zero-order chi connectivity index (χ0) is 25.2. The molecular weight excluding hydrogens is 526 g/mol. The van der Waals surface area contributed by atoms with Gasteiger partial charge in [0.15, 0.2) is 5.11 Å². The van der Waals surface area contributed by atoms with Gasteiger partial charge < -0.3 is 15.4 Å². The van der Waals surface area contributed by atoms with Gasteiger partial charge in [-0.2, -0.15) is 0 Å². The number of carbonyl (C=O) groups is 2. The molecule has 3 aromatic carbocycles. The van der Waals surface area contributed by atoms with Crippen LogP contribution in [0.25, 0.3) is 0 Å². The van der Waals surface area contributed by atoms with Gasteiger partial charge in [0.05, 0.1) is 22.3 Å². The average molecular weight is 555 g/mol. The lowest BCUT2D eigenvalue weighted by molar-refractivity contribution is 0.0938. The highest BCUT2D eigenvalue weighted by atomic mass is 79.9. The van der Waals surface area contributed by atoms with Gasteiger partial charge >= 0.3 is 0 Å². The van der Waals surface area contributed by atoms with Crippen molar-refractivity contribution < 1.29 is 14.3 Å². The molecule has 0 aliphatic rings. The number of halogens is 1. The molecule has 8 heteroatoms. The van der Waals surface area contributed by atoms with Gasteiger partial charge in [0.25, 0.3) is 11.8 Å². The molecule has 0 radical (unpaired) electrons. The summed E-state index contributed by atoms with van der Waals surface area (Å²) >= 11 is 8.80. The van der Waals surface area contributed by atoms with Gasteiger partial charge in [-0.05, 0) is 77.4 Å². The first-order chi connectivity index (χ1) is 16.9. The second-order valence-electron chi connectivity index (χ2n) is 7.97. The van der Waals surface area contributed by atoms with E-state index in [0.29, 0.717) is 33.6 Å². The molecule has 0 aromatic heterocycles. The number of anilines is 1. The molecular formula is C27H28BrN3O3S. The van der Waals surface area contributed by atoms with E-state index in [0.717, 1.165) is 12.8 Å². The van der Waals surface area contributed by atoms with Crippen LogP contribution in [0.1, 0.15) is 46.5 Å². The molecule has 6 nitrogen and oxygen atoms in total. The standard InChI is InChI=1S/C27H28BrN3O3S/c1-3-18(2)29-26(33)21-11-7-8-12-23(21)30-27(35)31-25(32)20-13-14-24(22(28)17-20)34-16-15-19-9-5-4-6-10-19/h4-14,17-18H,3,15-16H2,1-2H3,(H,29,33)(H2,30,31,32,35). The largest absolute Gasteiger partial charge is 0.492 e. The highest BCUT2D eigenvalue weighted by Gasteiger charge is 2.15. The van der Waals surface area contributed by atoms with Gasteiger partial charge in [-0.25, -0.2) is 0 Å². The number of thiocarbonyl (C=S) groups is 1. The van der Waals surface area contributed by atoms with Gasteiger partial charge in [-0.15, -0.1) is 0 Å². The molecule has 2 amide bonds. The normalized spacial score (nSPS) is 11.3. The zero-order valence-electron chi connectivity index (χ0n) is 19.6. The van der Waals surface area contributed by atoms with Crippen LogP contribution in [0.2, 0.25) is 0 Å². The molecule has 35 heavy (non-hydrogen) atoms. The van der Waals surface area contributed by atoms with E-state index in [1.54, 1.807) is 42.5 Å². The van der Waals surface area contributed by atoms with Crippen molar-refractivity contribution >= 4 is 50.8 Å². The van der Waals surface area contributed by atoms with Gasteiger partial charge in [0.1, 0.15) is 5.75 Å². The van der Waals surface area contributed by atoms with Crippen molar-refractivity contribution in [3.63, 3.8) is 0 Å². The van der Waals surface area contributed by atoms with Crippen LogP contribution in [0.15, 0.2) is 77.3 Å². The van der Waals surface area contributed by atoms with Crippen molar-refractivity contribution in [2.45, 2.75) is 32.7 Å². The van der Waals surface area contributed by atoms with E-state index in [1.165, 1.54) is 5.56 Å². The van der Waals surface area contributed by atoms with E-state index in [2.05, 4.69) is 44.0 Å². The zero-order valence-corrected chi connectivity index (χ0v) is 22.0. The SMILES string of the molecule is CCC(C)NC(=O)c1ccccc1NC(=S)NC(=O)c1ccc(OCCc2ccccc2)c(Br)c1. The van der Waals surface area contributed by atoms with Crippen molar-refractivity contribution in [1.29, 1.82) is 0 Å². The molecule has 3 N–H and O–H groups in total. The summed E-state index contributed by atoms with van der Waals surface area (Å²) in [5.74, 6) is 0.0726. The topological polar surface area (TPSA) is 79.5 Å². The molecule has 0 aliphatic heterocycles. The van der Waals surface area contributed by atoms with Gasteiger partial charge in [0.2, 0.25) is 0 Å². The van der Waals surface area contributed by atoms with Crippen LogP contribution >= 0.6 is 28.1 Å². The minimum Gasteiger partial charge on any atom is -0.492 e. The molecule has 1 atom stereocenters. The van der Waals surface area contributed by atoms with Crippen LogP contribution < -0.4 is 20.7 Å². The lowest BCUT2D eigenvalue weighted by atomic mass is 10.1. The number of amides is 2. The molecule has 3 aromatic rings. The number of nitrogens with one attached hydrogen (secondary N) is 3. The summed E-state index contributed by atoms with van der Waals surface area (Å²) in [6, 6.07) is 22.3. The Kier molecular flexibility index (Phi) is 9.81. The fourth-order valence-electron chi connectivity index (χ4n) is 3.21. The van der Waals surface area contributed by atoms with Crippen molar-refractivity contribution in [2.75, 3.05) is 11.9 Å². The Bertz CT molecular complexity index is 1190. The Morgan fingerprint density at radius 2 is 1.71 bits per heavy atom. The summed E-state index contributed by atoms with van der Waals surface area (Å²) in [4.78, 5) is 25.3. The summed E-state index contributed by atoms with van der Waals surface area (Å²) in [6.07, 6.45) is 1.61. The van der Waals surface area contributed by atoms with Gasteiger partial charge in [-0.3, -0.25) is 14.9 Å². The lowest BCUT2D eigenvalue weighted by Crippen LogP contribution is -2.36. The summed E-state index contributed by atoms with van der Waals surface area (Å²) in [6.45, 7) is 4.46. The number of carbonyl (C=O) groups excluding carboxylic acids is 2. The summed E-state index contributed by atoms with van der Waals surface area (Å²) in [5.41, 5.74) is 2.57. The van der Waals surface area contributed by atoms with Crippen molar-refractivity contribution in [3.05, 3.63) is 94.0 Å². The number of ether oxygens (including phenoxy) is 1. The molecule has 0 heterocycles. The Morgan fingerprint density at radius 1 is 1.00 bits per heavy atom. The number of hydrogen-bond donors (Lipinski definition) is 3. The smallest absolute Gasteiger partial charge is 0.257 e. The number of hydrogen-bond acceptors (Lipinski definition) is 4. The maximum absolute atomic E-state index is 12.7. The van der Waals surface area contributed by atoms with E-state index < -0.39 is 0 Å². The second-order valence-corrected chi connectivity index (χ2v) is 9.23. The maximum Gasteiger partial charge on any atom is 0.257 e. The third-order valence-corrected chi connectivity index (χ3v) is 6.15. The molecule has 0 bridgehead atoms. The van der Waals surface area contributed by atoms with Crippen LogP contribution in [-0.2, 0) is 6.42 Å². The van der Waals surface area contributed by atoms with E-state index >= 15 is 0 Å². The van der Waals surface area contributed by atoms with E-state index in [9.17, 15) is 9.59 Å². The first-order valence-electron chi connectivity index (χ1n) is 11.4. The van der Waals surface area contributed by atoms with Crippen molar-refractivity contribution in [1.82, 2.24) is 10.6 Å². The van der Waals surface area contributed by atoms with Crippen molar-refractivity contribution in [2.24, 2.45) is 0 Å². The minimum atomic E-state index is -0.374. The number of rotatable bonds is 9. The van der Waals surface area contributed by atoms with Crippen LogP contribution in [0.3, 0.4) is 0 Å². The Morgan fingerprint density at radius 3 is 2.43 bits per heavy atom. The molecule has 0 spiro atoms. The average Bonchev–Trinajstić information content (AvgIpc) is 2.85. The minimum absolute atomic E-state index is 0.0472. The quantitative estimate of drug-likeness (QED) is 0.295. The fraction of sp³-hybridized carbons (Fsp3) is 0.222. The maximum atomic E-state index is 12.7. The molecule has 1 unspecified atom stereocenters. The Labute approximate surface area is 219 Å². The third-order valence-electron chi connectivity index (χ3n) is 5.32. The van der Waals surface area contributed by atoms with Crippen LogP contribution in [0, 0.1) is 0 Å². The van der Waals surface area contributed by atoms with Crippen LogP contribution in [0.5, 0.6) is 5.75 Å². The predicted octanol–water partition coefficient (Wildman–Crippen LogP) is 5.73. The molecule has 0 aliphatic carbocycles. The predicted molar refractivity (Wildman–Crippen MR) is 147 cm³/mol. The number of benzene rings is 3. The summed E-state index contributed by atoms with van der Waals surface area (Å²) in [5, 5.41) is 8.65. The molecule has 0 fully saturated rings. The highest BCUT2D eigenvalue weighted by Crippen LogP contribution is 2.26. The van der Waals surface area contributed by atoms with E-state index in [1.807, 2.05) is 32.0 Å². The monoisotopic (exact) mass is 553 g/mol. The van der Waals surface area contributed by atoms with Crippen molar-refractivity contribution in [3.8, 4) is 5.75 Å². The fourth-order valence-corrected chi connectivity index (χ4v) is 3.90. The molecule has 3 rings (SSSR count). The molecule has 0 saturated carbocycles. The Hall–Kier alpha value is -3.23. The molecule has 182 valence electrons. The lowest BCUT2D eigenvalue weighted by Gasteiger charge is -2.16. The third kappa shape index (κ3) is 7.90. The second kappa shape index (κ2) is 13.0. The highest BCUT2D eigenvalue weighted by molar-refractivity contribution is 9.10. The summed E-state index contributed by atoms with van der Waals surface area (Å²) < 4.78 is 6.52. The summed E-state index contributed by atoms with van der Waals surface area (Å²) in [7, 11) is 0. The van der Waals surface area contributed by atoms with Crippen LogP contribution in [0.4, 0.5) is 5.69 Å². The van der Waals surface area contributed by atoms with E-state index in [-0.39, 0.29) is 23.0 Å². The van der Waals surface area contributed by atoms with E-state index in [4.69, 9.17) is 17.0 Å².